The maximum absolute atomic E-state index is 13.4. The van der Waals surface area contributed by atoms with Gasteiger partial charge < -0.3 is 19.9 Å². The van der Waals surface area contributed by atoms with Crippen molar-refractivity contribution < 1.29 is 18.7 Å². The molecule has 0 bridgehead atoms. The van der Waals surface area contributed by atoms with E-state index in [1.807, 2.05) is 18.2 Å². The average Bonchev–Trinajstić information content (AvgIpc) is 3.40. The molecule has 2 N–H and O–H groups in total. The van der Waals surface area contributed by atoms with E-state index in [-0.39, 0.29) is 11.8 Å². The summed E-state index contributed by atoms with van der Waals surface area (Å²) in [6.45, 7) is 2.76. The zero-order chi connectivity index (χ0) is 21.8. The summed E-state index contributed by atoms with van der Waals surface area (Å²) in [7, 11) is 0. The Morgan fingerprint density at radius 2 is 2.13 bits per heavy atom. The molecule has 3 aromatic rings. The van der Waals surface area contributed by atoms with E-state index in [0.29, 0.717) is 29.6 Å². The molecule has 1 aliphatic rings. The fraction of sp³-hybridized carbons (Fsp3) is 0.304. The first-order valence-corrected chi connectivity index (χ1v) is 11.4. The van der Waals surface area contributed by atoms with Crippen molar-refractivity contribution in [3.63, 3.8) is 0 Å². The molecule has 0 spiro atoms. The van der Waals surface area contributed by atoms with Crippen molar-refractivity contribution in [1.82, 2.24) is 9.88 Å². The second kappa shape index (κ2) is 9.43. The zero-order valence-corrected chi connectivity index (χ0v) is 18.0. The van der Waals surface area contributed by atoms with Gasteiger partial charge in [-0.2, -0.15) is 0 Å². The predicted molar refractivity (Wildman–Crippen MR) is 121 cm³/mol. The van der Waals surface area contributed by atoms with E-state index in [0.717, 1.165) is 29.5 Å². The molecule has 8 heteroatoms. The van der Waals surface area contributed by atoms with Gasteiger partial charge in [0.25, 0.3) is 5.91 Å². The van der Waals surface area contributed by atoms with E-state index in [4.69, 9.17) is 4.74 Å². The van der Waals surface area contributed by atoms with Crippen molar-refractivity contribution in [2.75, 3.05) is 23.6 Å². The molecule has 1 atom stereocenters. The number of hydrogen-bond acceptors (Lipinski definition) is 4. The van der Waals surface area contributed by atoms with Crippen LogP contribution in [0.2, 0.25) is 0 Å². The quantitative estimate of drug-likeness (QED) is 0.524. The normalized spacial score (nSPS) is 15.9. The van der Waals surface area contributed by atoms with Crippen LogP contribution in [-0.4, -0.2) is 46.0 Å². The maximum Gasteiger partial charge on any atom is 0.271 e. The summed E-state index contributed by atoms with van der Waals surface area (Å²) in [5.41, 5.74) is 1.60. The van der Waals surface area contributed by atoms with Crippen LogP contribution in [-0.2, 0) is 4.79 Å². The molecule has 2 aromatic carbocycles. The van der Waals surface area contributed by atoms with Gasteiger partial charge in [-0.1, -0.05) is 19.4 Å². The van der Waals surface area contributed by atoms with Crippen LogP contribution < -0.4 is 10.1 Å². The minimum Gasteiger partial charge on any atom is -0.494 e. The Morgan fingerprint density at radius 3 is 2.94 bits per heavy atom. The van der Waals surface area contributed by atoms with Gasteiger partial charge in [-0.3, -0.25) is 9.59 Å². The first-order valence-electron chi connectivity index (χ1n) is 10.3. The Bertz CT molecular complexity index is 1100. The van der Waals surface area contributed by atoms with Gasteiger partial charge >= 0.3 is 0 Å². The lowest BCUT2D eigenvalue weighted by atomic mass is 10.2. The van der Waals surface area contributed by atoms with Crippen LogP contribution in [0.15, 0.2) is 48.5 Å². The largest absolute Gasteiger partial charge is 0.494 e. The molecule has 1 fully saturated rings. The number of halogens is 1. The lowest BCUT2D eigenvalue weighted by Gasteiger charge is -2.22. The van der Waals surface area contributed by atoms with Gasteiger partial charge in [-0.25, -0.2) is 4.39 Å². The third kappa shape index (κ3) is 4.85. The van der Waals surface area contributed by atoms with Crippen LogP contribution in [0.1, 0.15) is 30.3 Å². The van der Waals surface area contributed by atoms with Crippen LogP contribution in [0.3, 0.4) is 0 Å². The molecule has 1 saturated heterocycles. The van der Waals surface area contributed by atoms with E-state index in [1.165, 1.54) is 30.0 Å². The van der Waals surface area contributed by atoms with Gasteiger partial charge in [0.05, 0.1) is 12.5 Å². The highest BCUT2D eigenvalue weighted by Gasteiger charge is 2.35. The number of amides is 2. The highest BCUT2D eigenvalue weighted by Crippen LogP contribution is 2.27. The highest BCUT2D eigenvalue weighted by atomic mass is 32.2. The van der Waals surface area contributed by atoms with Crippen molar-refractivity contribution in [2.24, 2.45) is 0 Å². The topological polar surface area (TPSA) is 74.4 Å². The number of carbonyl (C=O) groups is 2. The first kappa shape index (κ1) is 21.2. The second-order valence-corrected chi connectivity index (χ2v) is 8.42. The number of hydrogen-bond donors (Lipinski definition) is 2. The summed E-state index contributed by atoms with van der Waals surface area (Å²) < 4.78 is 19.1. The molecule has 0 saturated carbocycles. The van der Waals surface area contributed by atoms with E-state index >= 15 is 0 Å². The van der Waals surface area contributed by atoms with Gasteiger partial charge in [0.2, 0.25) is 5.91 Å². The maximum atomic E-state index is 13.4. The monoisotopic (exact) mass is 441 g/mol. The number of H-pyrrole nitrogens is 1. The van der Waals surface area contributed by atoms with Gasteiger partial charge in [-0.15, -0.1) is 11.8 Å². The number of ether oxygens (including phenoxy) is 1. The molecular formula is C23H24FN3O3S. The fourth-order valence-corrected chi connectivity index (χ4v) is 4.61. The summed E-state index contributed by atoms with van der Waals surface area (Å²) >= 11 is 1.51. The number of rotatable bonds is 7. The number of aromatic nitrogens is 1. The Morgan fingerprint density at radius 1 is 1.26 bits per heavy atom. The lowest BCUT2D eigenvalue weighted by Crippen LogP contribution is -2.44. The number of carbonyl (C=O) groups excluding carboxylic acids is 2. The number of fused-ring (bicyclic) bond motifs is 1. The summed E-state index contributed by atoms with van der Waals surface area (Å²) in [5.74, 6) is 0.665. The van der Waals surface area contributed by atoms with Gasteiger partial charge in [0.1, 0.15) is 23.3 Å². The Hall–Kier alpha value is -3.00. The second-order valence-electron chi connectivity index (χ2n) is 7.42. The van der Waals surface area contributed by atoms with Crippen LogP contribution in [0, 0.1) is 5.82 Å². The molecule has 4 rings (SSSR count). The molecule has 1 aromatic heterocycles. The molecule has 0 aliphatic carbocycles. The van der Waals surface area contributed by atoms with Gasteiger partial charge in [-0.05, 0) is 42.8 Å². The van der Waals surface area contributed by atoms with E-state index in [9.17, 15) is 14.0 Å². The fourth-order valence-electron chi connectivity index (χ4n) is 3.45. The highest BCUT2D eigenvalue weighted by molar-refractivity contribution is 7.99. The molecule has 31 heavy (non-hydrogen) atoms. The Labute approximate surface area is 184 Å². The van der Waals surface area contributed by atoms with Crippen LogP contribution in [0.5, 0.6) is 5.75 Å². The third-order valence-corrected chi connectivity index (χ3v) is 6.14. The summed E-state index contributed by atoms with van der Waals surface area (Å²) in [6, 6.07) is 12.6. The standard InChI is InChI=1S/C23H24FN3O3S/c1-2-3-9-30-18-8-7-15-10-20(26-19(15)12-18)23(29)27-14-31-13-21(27)22(28)25-17-6-4-5-16(24)11-17/h4-8,10-12,21,26H,2-3,9,13-14H2,1H3,(H,25,28). The number of nitrogens with zero attached hydrogens (tertiary/aromatic N) is 1. The minimum atomic E-state index is -0.625. The number of nitrogens with one attached hydrogen (secondary N) is 2. The van der Waals surface area contributed by atoms with Crippen molar-refractivity contribution in [1.29, 1.82) is 0 Å². The number of benzene rings is 2. The molecule has 1 unspecified atom stereocenters. The van der Waals surface area contributed by atoms with Crippen LogP contribution in [0.25, 0.3) is 10.9 Å². The third-order valence-electron chi connectivity index (χ3n) is 5.13. The van der Waals surface area contributed by atoms with Gasteiger partial charge in [0.15, 0.2) is 0 Å². The molecular weight excluding hydrogens is 417 g/mol. The molecule has 162 valence electrons. The molecule has 1 aliphatic heterocycles. The average molecular weight is 442 g/mol. The van der Waals surface area contributed by atoms with Crippen molar-refractivity contribution in [2.45, 2.75) is 25.8 Å². The van der Waals surface area contributed by atoms with Crippen LogP contribution >= 0.6 is 11.8 Å². The summed E-state index contributed by atoms with van der Waals surface area (Å²) in [6.07, 6.45) is 2.05. The zero-order valence-electron chi connectivity index (χ0n) is 17.2. The Kier molecular flexibility index (Phi) is 6.46. The summed E-state index contributed by atoms with van der Waals surface area (Å²) in [4.78, 5) is 30.6. The minimum absolute atomic E-state index is 0.242. The van der Waals surface area contributed by atoms with Gasteiger partial charge in [0, 0.05) is 28.4 Å². The summed E-state index contributed by atoms with van der Waals surface area (Å²) in [5, 5.41) is 3.61. The number of unbranched alkanes of at least 4 members (excludes halogenated alkanes) is 1. The first-order chi connectivity index (χ1) is 15.0. The number of thioether (sulfide) groups is 1. The smallest absolute Gasteiger partial charge is 0.271 e. The number of anilines is 1. The molecule has 2 heterocycles. The predicted octanol–water partition coefficient (Wildman–Crippen LogP) is 4.64. The molecule has 6 nitrogen and oxygen atoms in total. The molecule has 2 amide bonds. The van der Waals surface area contributed by atoms with E-state index < -0.39 is 11.9 Å². The van der Waals surface area contributed by atoms with Crippen molar-refractivity contribution >= 4 is 40.2 Å². The Balaban J connectivity index is 1.48. The van der Waals surface area contributed by atoms with Crippen LogP contribution in [0.4, 0.5) is 10.1 Å². The SMILES string of the molecule is CCCCOc1ccc2cc(C(=O)N3CSCC3C(=O)Nc3cccc(F)c3)[nH]c2c1. The van der Waals surface area contributed by atoms with E-state index in [1.54, 1.807) is 17.0 Å². The lowest BCUT2D eigenvalue weighted by molar-refractivity contribution is -0.119. The van der Waals surface area contributed by atoms with Crippen molar-refractivity contribution in [3.8, 4) is 5.75 Å². The van der Waals surface area contributed by atoms with Crippen molar-refractivity contribution in [3.05, 3.63) is 60.0 Å². The number of aromatic amines is 1. The van der Waals surface area contributed by atoms with E-state index in [2.05, 4.69) is 17.2 Å². The molecule has 0 radical (unpaired) electrons.